The van der Waals surface area contributed by atoms with Crippen molar-refractivity contribution in [3.05, 3.63) is 35.5 Å². The molecule has 1 aliphatic heterocycles. The number of aliphatic hydroxyl groups excluding tert-OH is 1. The van der Waals surface area contributed by atoms with E-state index in [1.165, 1.54) is 22.0 Å². The van der Waals surface area contributed by atoms with Crippen LogP contribution in [0.3, 0.4) is 0 Å². The summed E-state index contributed by atoms with van der Waals surface area (Å²) in [6.45, 7) is 5.43. The highest BCUT2D eigenvalue weighted by molar-refractivity contribution is 14.0. The molecular weight excluding hydrogens is 467 g/mol. The molecule has 2 aromatic rings. The molecule has 0 aliphatic carbocycles. The Kier molecular flexibility index (Phi) is 9.04. The van der Waals surface area contributed by atoms with Crippen molar-refractivity contribution in [3.63, 3.8) is 0 Å². The molecule has 0 bridgehead atoms. The number of H-pyrrole nitrogens is 1. The van der Waals surface area contributed by atoms with E-state index in [2.05, 4.69) is 51.9 Å². The molecule has 1 saturated heterocycles. The van der Waals surface area contributed by atoms with Crippen LogP contribution >= 0.6 is 24.0 Å². The minimum absolute atomic E-state index is 0. The number of hydrogen-bond donors (Lipinski definition) is 4. The molecule has 0 amide bonds. The van der Waals surface area contributed by atoms with Crippen LogP contribution in [0.15, 0.2) is 29.4 Å². The lowest BCUT2D eigenvalue weighted by molar-refractivity contribution is 0.127. The van der Waals surface area contributed by atoms with E-state index in [1.54, 1.807) is 7.05 Å². The zero-order valence-electron chi connectivity index (χ0n) is 16.9. The van der Waals surface area contributed by atoms with Crippen molar-refractivity contribution in [2.24, 2.45) is 10.4 Å². The first-order chi connectivity index (χ1) is 13.2. The fourth-order valence-corrected chi connectivity index (χ4v) is 3.90. The number of halogens is 1. The Bertz CT molecular complexity index is 769. The molecule has 1 atom stereocenters. The maximum atomic E-state index is 9.35. The van der Waals surface area contributed by atoms with Crippen molar-refractivity contribution in [2.45, 2.75) is 32.6 Å². The second-order valence-corrected chi connectivity index (χ2v) is 7.39. The molecule has 28 heavy (non-hydrogen) atoms. The van der Waals surface area contributed by atoms with Crippen molar-refractivity contribution < 1.29 is 9.84 Å². The van der Waals surface area contributed by atoms with Crippen LogP contribution in [0, 0.1) is 5.41 Å². The fourth-order valence-electron chi connectivity index (χ4n) is 3.90. The van der Waals surface area contributed by atoms with E-state index >= 15 is 0 Å². The van der Waals surface area contributed by atoms with Gasteiger partial charge in [-0.3, -0.25) is 4.99 Å². The van der Waals surface area contributed by atoms with Crippen molar-refractivity contribution >= 4 is 40.8 Å². The molecule has 0 radical (unpaired) electrons. The van der Waals surface area contributed by atoms with E-state index in [0.29, 0.717) is 6.61 Å². The molecule has 6 nitrogen and oxygen atoms in total. The van der Waals surface area contributed by atoms with Gasteiger partial charge in [0, 0.05) is 55.9 Å². The normalized spacial score (nSPS) is 19.6. The lowest BCUT2D eigenvalue weighted by atomic mass is 9.84. The molecule has 0 saturated carbocycles. The Morgan fingerprint density at radius 3 is 2.86 bits per heavy atom. The second-order valence-electron chi connectivity index (χ2n) is 7.39. The largest absolute Gasteiger partial charge is 0.396 e. The van der Waals surface area contributed by atoms with Gasteiger partial charge in [-0.15, -0.1) is 24.0 Å². The van der Waals surface area contributed by atoms with E-state index in [9.17, 15) is 5.11 Å². The number of guanidine groups is 1. The number of hydrogen-bond acceptors (Lipinski definition) is 3. The first-order valence-corrected chi connectivity index (χ1v) is 9.92. The number of nitrogens with zero attached hydrogens (tertiary/aromatic N) is 1. The highest BCUT2D eigenvalue weighted by Gasteiger charge is 2.34. The van der Waals surface area contributed by atoms with Crippen LogP contribution in [0.1, 0.15) is 30.9 Å². The summed E-state index contributed by atoms with van der Waals surface area (Å²) in [6.07, 6.45) is 5.82. The van der Waals surface area contributed by atoms with Crippen molar-refractivity contribution in [1.29, 1.82) is 0 Å². The highest BCUT2D eigenvalue weighted by atomic mass is 127. The van der Waals surface area contributed by atoms with Gasteiger partial charge in [0.05, 0.1) is 6.61 Å². The quantitative estimate of drug-likeness (QED) is 0.255. The van der Waals surface area contributed by atoms with Crippen molar-refractivity contribution in [3.8, 4) is 0 Å². The lowest BCUT2D eigenvalue weighted by Crippen LogP contribution is -2.45. The predicted octanol–water partition coefficient (Wildman–Crippen LogP) is 2.84. The molecule has 1 aromatic heterocycles. The number of aliphatic imine (C=N–C) groups is 1. The molecule has 1 unspecified atom stereocenters. The number of fused-ring (bicyclic) bond motifs is 1. The average molecular weight is 500 g/mol. The zero-order valence-corrected chi connectivity index (χ0v) is 19.2. The van der Waals surface area contributed by atoms with E-state index in [0.717, 1.165) is 51.3 Å². The summed E-state index contributed by atoms with van der Waals surface area (Å²) in [7, 11) is 1.79. The maximum Gasteiger partial charge on any atom is 0.191 e. The number of aryl methyl sites for hydroxylation is 1. The third-order valence-corrected chi connectivity index (χ3v) is 5.64. The average Bonchev–Trinajstić information content (AvgIpc) is 3.32. The van der Waals surface area contributed by atoms with Gasteiger partial charge in [-0.2, -0.15) is 0 Å². The smallest absolute Gasteiger partial charge is 0.191 e. The lowest BCUT2D eigenvalue weighted by Gasteiger charge is -2.27. The first kappa shape index (κ1) is 23.0. The van der Waals surface area contributed by atoms with Gasteiger partial charge < -0.3 is 25.5 Å². The van der Waals surface area contributed by atoms with Crippen molar-refractivity contribution in [2.75, 3.05) is 40.0 Å². The van der Waals surface area contributed by atoms with Crippen LogP contribution in [0.2, 0.25) is 0 Å². The molecular formula is C21H33IN4O2. The van der Waals surface area contributed by atoms with Gasteiger partial charge in [0.1, 0.15) is 0 Å². The Morgan fingerprint density at radius 2 is 2.18 bits per heavy atom. The minimum Gasteiger partial charge on any atom is -0.396 e. The first-order valence-electron chi connectivity index (χ1n) is 9.92. The third-order valence-electron chi connectivity index (χ3n) is 5.64. The van der Waals surface area contributed by atoms with Crippen LogP contribution in [0.5, 0.6) is 0 Å². The van der Waals surface area contributed by atoms with E-state index < -0.39 is 0 Å². The van der Waals surface area contributed by atoms with Gasteiger partial charge in [0.25, 0.3) is 0 Å². The highest BCUT2D eigenvalue weighted by Crippen LogP contribution is 2.31. The predicted molar refractivity (Wildman–Crippen MR) is 126 cm³/mol. The summed E-state index contributed by atoms with van der Waals surface area (Å²) < 4.78 is 5.55. The van der Waals surface area contributed by atoms with Gasteiger partial charge in [-0.05, 0) is 36.8 Å². The number of aromatic nitrogens is 1. The van der Waals surface area contributed by atoms with E-state index in [4.69, 9.17) is 4.74 Å². The second kappa shape index (κ2) is 11.0. The Hall–Kier alpha value is -1.32. The minimum atomic E-state index is 0. The molecule has 4 N–H and O–H groups in total. The van der Waals surface area contributed by atoms with Gasteiger partial charge >= 0.3 is 0 Å². The summed E-state index contributed by atoms with van der Waals surface area (Å²) in [5.74, 6) is 0.799. The van der Waals surface area contributed by atoms with Crippen LogP contribution in [-0.4, -0.2) is 56.0 Å². The Labute approximate surface area is 184 Å². The summed E-state index contributed by atoms with van der Waals surface area (Å²) in [5.41, 5.74) is 3.95. The zero-order chi connectivity index (χ0) is 19.1. The summed E-state index contributed by atoms with van der Waals surface area (Å²) in [5, 5.41) is 17.5. The molecule has 0 spiro atoms. The van der Waals surface area contributed by atoms with E-state index in [-0.39, 0.29) is 36.0 Å². The number of benzene rings is 1. The molecule has 1 aliphatic rings. The Morgan fingerprint density at radius 1 is 1.32 bits per heavy atom. The number of para-hydroxylation sites is 1. The van der Waals surface area contributed by atoms with Gasteiger partial charge in [-0.1, -0.05) is 25.1 Å². The third kappa shape index (κ3) is 5.39. The summed E-state index contributed by atoms with van der Waals surface area (Å²) >= 11 is 0. The van der Waals surface area contributed by atoms with Crippen molar-refractivity contribution in [1.82, 2.24) is 15.6 Å². The van der Waals surface area contributed by atoms with Gasteiger partial charge in [0.15, 0.2) is 5.96 Å². The molecule has 1 aromatic carbocycles. The van der Waals surface area contributed by atoms with Crippen LogP contribution < -0.4 is 10.6 Å². The Balaban J connectivity index is 0.00000280. The molecule has 156 valence electrons. The molecule has 1 fully saturated rings. The van der Waals surface area contributed by atoms with Crippen LogP contribution in [-0.2, 0) is 17.6 Å². The van der Waals surface area contributed by atoms with Crippen LogP contribution in [0.25, 0.3) is 10.9 Å². The number of ether oxygens (including phenoxy) is 1. The SMILES string of the molecule is CCc1cccc2c(CCNC(=NC)NCC3(CCO)CCOC3)c[nH]c12.I. The molecule has 3 rings (SSSR count). The number of aliphatic hydroxyl groups is 1. The maximum absolute atomic E-state index is 9.35. The van der Waals surface area contributed by atoms with Crippen LogP contribution in [0.4, 0.5) is 0 Å². The summed E-state index contributed by atoms with van der Waals surface area (Å²) in [6, 6.07) is 6.50. The fraction of sp³-hybridized carbons (Fsp3) is 0.571. The summed E-state index contributed by atoms with van der Waals surface area (Å²) in [4.78, 5) is 7.76. The number of nitrogens with one attached hydrogen (secondary N) is 3. The van der Waals surface area contributed by atoms with Gasteiger partial charge in [0.2, 0.25) is 0 Å². The molecule has 7 heteroatoms. The van der Waals surface area contributed by atoms with Gasteiger partial charge in [-0.25, -0.2) is 0 Å². The standard InChI is InChI=1S/C21H32N4O2.HI/c1-3-16-5-4-6-18-17(13-24-19(16)18)7-10-23-20(22-2)25-14-21(8-11-26)9-12-27-15-21;/h4-6,13,24,26H,3,7-12,14-15H2,1-2H3,(H2,22,23,25);1H. The number of rotatable bonds is 8. The van der Waals surface area contributed by atoms with E-state index in [1.807, 2.05) is 0 Å². The topological polar surface area (TPSA) is 81.7 Å². The number of aromatic amines is 1. The monoisotopic (exact) mass is 500 g/mol. The molecule has 2 heterocycles.